The molecule has 0 spiro atoms. The summed E-state index contributed by atoms with van der Waals surface area (Å²) in [4.78, 5) is 23.7. The average molecular weight is 498 g/mol. The van der Waals surface area contributed by atoms with E-state index >= 15 is 0 Å². The van der Waals surface area contributed by atoms with E-state index in [-0.39, 0.29) is 29.5 Å². The standard InChI is InChI=1S/C24H23N3O5S2/c1-31-18-5-8-20(9-6-18)34(29,30)13-11-23(28)27(16-17-4-3-12-25-15-17)24-26-21-10-7-19(32-2)14-22(21)33-24/h3-10,12,14-15H,11,13,16H2,1-2H3. The van der Waals surface area contributed by atoms with Crippen molar-refractivity contribution in [2.24, 2.45) is 0 Å². The molecule has 0 saturated carbocycles. The molecule has 34 heavy (non-hydrogen) atoms. The topological polar surface area (TPSA) is 98.7 Å². The van der Waals surface area contributed by atoms with E-state index in [1.807, 2.05) is 18.2 Å². The lowest BCUT2D eigenvalue weighted by Crippen LogP contribution is -2.31. The minimum atomic E-state index is -3.65. The molecule has 0 saturated heterocycles. The van der Waals surface area contributed by atoms with Gasteiger partial charge in [-0.25, -0.2) is 13.4 Å². The van der Waals surface area contributed by atoms with Crippen LogP contribution in [0.4, 0.5) is 5.13 Å². The van der Waals surface area contributed by atoms with Crippen molar-refractivity contribution in [1.29, 1.82) is 0 Å². The third-order valence-corrected chi connectivity index (χ3v) is 7.96. The van der Waals surface area contributed by atoms with Gasteiger partial charge in [-0.2, -0.15) is 0 Å². The maximum absolute atomic E-state index is 13.3. The lowest BCUT2D eigenvalue weighted by Gasteiger charge is -2.20. The predicted octanol–water partition coefficient (Wildman–Crippen LogP) is 4.11. The van der Waals surface area contributed by atoms with E-state index in [0.717, 1.165) is 15.8 Å². The molecule has 0 aliphatic rings. The molecule has 4 aromatic rings. The number of nitrogens with zero attached hydrogens (tertiary/aromatic N) is 3. The van der Waals surface area contributed by atoms with Gasteiger partial charge in [-0.15, -0.1) is 0 Å². The number of benzene rings is 2. The van der Waals surface area contributed by atoms with Crippen molar-refractivity contribution in [1.82, 2.24) is 9.97 Å². The highest BCUT2D eigenvalue weighted by atomic mass is 32.2. The Kier molecular flexibility index (Phi) is 7.09. The summed E-state index contributed by atoms with van der Waals surface area (Å²) in [5, 5.41) is 0.485. The Bertz CT molecular complexity index is 1390. The first-order valence-electron chi connectivity index (χ1n) is 10.4. The number of aromatic nitrogens is 2. The van der Waals surface area contributed by atoms with E-state index < -0.39 is 9.84 Å². The molecule has 8 nitrogen and oxygen atoms in total. The van der Waals surface area contributed by atoms with Crippen molar-refractivity contribution in [2.75, 3.05) is 24.9 Å². The molecule has 0 unspecified atom stereocenters. The van der Waals surface area contributed by atoms with Gasteiger partial charge in [-0.3, -0.25) is 14.7 Å². The van der Waals surface area contributed by atoms with Gasteiger partial charge in [0, 0.05) is 18.8 Å². The Morgan fingerprint density at radius 3 is 2.44 bits per heavy atom. The van der Waals surface area contributed by atoms with Crippen LogP contribution in [-0.2, 0) is 21.2 Å². The van der Waals surface area contributed by atoms with Crippen LogP contribution in [0.15, 0.2) is 71.9 Å². The fourth-order valence-corrected chi connectivity index (χ4v) is 5.57. The molecule has 2 aromatic carbocycles. The minimum Gasteiger partial charge on any atom is -0.497 e. The molecular weight excluding hydrogens is 474 g/mol. The molecule has 2 heterocycles. The number of carbonyl (C=O) groups is 1. The third-order valence-electron chi connectivity index (χ3n) is 5.18. The summed E-state index contributed by atoms with van der Waals surface area (Å²) in [6.45, 7) is 0.228. The number of ether oxygens (including phenoxy) is 2. The molecule has 10 heteroatoms. The molecule has 1 amide bonds. The van der Waals surface area contributed by atoms with Crippen LogP contribution in [0, 0.1) is 0 Å². The van der Waals surface area contributed by atoms with E-state index in [4.69, 9.17) is 9.47 Å². The second kappa shape index (κ2) is 10.2. The van der Waals surface area contributed by atoms with E-state index in [1.54, 1.807) is 43.8 Å². The molecule has 0 N–H and O–H groups in total. The summed E-state index contributed by atoms with van der Waals surface area (Å²) >= 11 is 1.35. The number of hydrogen-bond donors (Lipinski definition) is 0. The highest BCUT2D eigenvalue weighted by Crippen LogP contribution is 2.32. The Morgan fingerprint density at radius 2 is 1.76 bits per heavy atom. The first kappa shape index (κ1) is 23.7. The van der Waals surface area contributed by atoms with Crippen LogP contribution in [0.5, 0.6) is 11.5 Å². The van der Waals surface area contributed by atoms with Crippen molar-refractivity contribution >= 4 is 42.4 Å². The maximum Gasteiger partial charge on any atom is 0.230 e. The predicted molar refractivity (Wildman–Crippen MR) is 131 cm³/mol. The van der Waals surface area contributed by atoms with Crippen molar-refractivity contribution < 1.29 is 22.7 Å². The number of methoxy groups -OCH3 is 2. The fraction of sp³-hybridized carbons (Fsp3) is 0.208. The van der Waals surface area contributed by atoms with Crippen LogP contribution in [0.25, 0.3) is 10.2 Å². The van der Waals surface area contributed by atoms with Crippen LogP contribution >= 0.6 is 11.3 Å². The van der Waals surface area contributed by atoms with Gasteiger partial charge in [0.15, 0.2) is 15.0 Å². The zero-order chi connectivity index (χ0) is 24.1. The van der Waals surface area contributed by atoms with Crippen molar-refractivity contribution in [2.45, 2.75) is 17.9 Å². The first-order chi connectivity index (χ1) is 16.4. The molecule has 2 aromatic heterocycles. The van der Waals surface area contributed by atoms with Gasteiger partial charge in [0.1, 0.15) is 11.5 Å². The van der Waals surface area contributed by atoms with E-state index in [2.05, 4.69) is 9.97 Å². The van der Waals surface area contributed by atoms with Gasteiger partial charge in [-0.1, -0.05) is 17.4 Å². The number of fused-ring (bicyclic) bond motifs is 1. The third kappa shape index (κ3) is 5.35. The van der Waals surface area contributed by atoms with E-state index in [9.17, 15) is 13.2 Å². The molecule has 0 bridgehead atoms. The Labute approximate surface area is 201 Å². The second-order valence-electron chi connectivity index (χ2n) is 7.42. The number of amides is 1. The molecular formula is C24H23N3O5S2. The summed E-state index contributed by atoms with van der Waals surface area (Å²) < 4.78 is 36.9. The first-order valence-corrected chi connectivity index (χ1v) is 12.9. The van der Waals surface area contributed by atoms with Gasteiger partial charge in [0.05, 0.1) is 41.6 Å². The number of rotatable bonds is 9. The number of anilines is 1. The van der Waals surface area contributed by atoms with Crippen molar-refractivity contribution in [3.8, 4) is 11.5 Å². The van der Waals surface area contributed by atoms with Crippen LogP contribution < -0.4 is 14.4 Å². The van der Waals surface area contributed by atoms with Crippen LogP contribution in [0.1, 0.15) is 12.0 Å². The summed E-state index contributed by atoms with van der Waals surface area (Å²) in [7, 11) is -0.553. The molecule has 176 valence electrons. The van der Waals surface area contributed by atoms with Gasteiger partial charge in [-0.05, 0) is 54.1 Å². The summed E-state index contributed by atoms with van der Waals surface area (Å²) in [6.07, 6.45) is 3.14. The zero-order valence-electron chi connectivity index (χ0n) is 18.7. The van der Waals surface area contributed by atoms with Gasteiger partial charge >= 0.3 is 0 Å². The Balaban J connectivity index is 1.58. The Hall–Kier alpha value is -3.50. The highest BCUT2D eigenvalue weighted by molar-refractivity contribution is 7.91. The monoisotopic (exact) mass is 497 g/mol. The lowest BCUT2D eigenvalue weighted by molar-refractivity contribution is -0.118. The summed E-state index contributed by atoms with van der Waals surface area (Å²) in [5.74, 6) is 0.593. The molecule has 0 radical (unpaired) electrons. The largest absolute Gasteiger partial charge is 0.497 e. The normalized spacial score (nSPS) is 11.4. The van der Waals surface area contributed by atoms with Gasteiger partial charge < -0.3 is 9.47 Å². The molecule has 0 aliphatic heterocycles. The maximum atomic E-state index is 13.3. The van der Waals surface area contributed by atoms with E-state index in [1.165, 1.54) is 35.5 Å². The highest BCUT2D eigenvalue weighted by Gasteiger charge is 2.24. The molecule has 0 atom stereocenters. The number of carbonyl (C=O) groups excluding carboxylic acids is 1. The van der Waals surface area contributed by atoms with Crippen molar-refractivity contribution in [3.63, 3.8) is 0 Å². The minimum absolute atomic E-state index is 0.145. The smallest absolute Gasteiger partial charge is 0.230 e. The number of hydrogen-bond acceptors (Lipinski definition) is 8. The lowest BCUT2D eigenvalue weighted by atomic mass is 10.2. The van der Waals surface area contributed by atoms with Crippen molar-refractivity contribution in [3.05, 3.63) is 72.6 Å². The second-order valence-corrected chi connectivity index (χ2v) is 10.5. The zero-order valence-corrected chi connectivity index (χ0v) is 20.3. The van der Waals surface area contributed by atoms with Crippen LogP contribution in [0.3, 0.4) is 0 Å². The summed E-state index contributed by atoms with van der Waals surface area (Å²) in [6, 6.07) is 15.3. The SMILES string of the molecule is COc1ccc(S(=O)(=O)CCC(=O)N(Cc2cccnc2)c2nc3ccc(OC)cc3s2)cc1. The number of sulfone groups is 1. The summed E-state index contributed by atoms with van der Waals surface area (Å²) in [5.41, 5.74) is 1.54. The average Bonchev–Trinajstić information content (AvgIpc) is 3.29. The number of pyridine rings is 1. The molecule has 4 rings (SSSR count). The Morgan fingerprint density at radius 1 is 1.03 bits per heavy atom. The fourth-order valence-electron chi connectivity index (χ4n) is 3.33. The van der Waals surface area contributed by atoms with Gasteiger partial charge in [0.2, 0.25) is 5.91 Å². The van der Waals surface area contributed by atoms with Crippen LogP contribution in [0.2, 0.25) is 0 Å². The quantitative estimate of drug-likeness (QED) is 0.343. The van der Waals surface area contributed by atoms with E-state index in [0.29, 0.717) is 16.6 Å². The molecule has 0 fully saturated rings. The molecule has 0 aliphatic carbocycles. The number of thiazole rings is 1. The van der Waals surface area contributed by atoms with Gasteiger partial charge in [0.25, 0.3) is 0 Å². The van der Waals surface area contributed by atoms with Crippen LogP contribution in [-0.4, -0.2) is 44.3 Å².